The molecule has 3 nitrogen and oxygen atoms in total. The van der Waals surface area contributed by atoms with Gasteiger partial charge in [0.05, 0.1) is 5.02 Å². The van der Waals surface area contributed by atoms with Crippen molar-refractivity contribution in [1.82, 2.24) is 4.90 Å². The maximum atomic E-state index is 12.2. The van der Waals surface area contributed by atoms with Gasteiger partial charge in [-0.05, 0) is 42.9 Å². The van der Waals surface area contributed by atoms with Gasteiger partial charge in [0.15, 0.2) is 6.61 Å². The standard InChI is InChI=1S/C16H22ClNO2/c1-11-4-5-14(17)15(7-11)20-10-16(19)18-8-12(2)6-13(3)9-18/h4-5,7,12-13H,6,8-10H2,1-3H3. The van der Waals surface area contributed by atoms with Gasteiger partial charge in [0, 0.05) is 13.1 Å². The van der Waals surface area contributed by atoms with Crippen LogP contribution >= 0.6 is 11.6 Å². The fourth-order valence-electron chi connectivity index (χ4n) is 2.82. The fourth-order valence-corrected chi connectivity index (χ4v) is 2.99. The molecule has 0 aliphatic carbocycles. The average Bonchev–Trinajstić information content (AvgIpc) is 2.38. The molecule has 4 heteroatoms. The number of ether oxygens (including phenoxy) is 1. The predicted octanol–water partition coefficient (Wildman–Crippen LogP) is 3.53. The molecular weight excluding hydrogens is 274 g/mol. The zero-order valence-electron chi connectivity index (χ0n) is 12.4. The van der Waals surface area contributed by atoms with Crippen LogP contribution in [0, 0.1) is 18.8 Å². The number of benzene rings is 1. The van der Waals surface area contributed by atoms with Gasteiger partial charge >= 0.3 is 0 Å². The summed E-state index contributed by atoms with van der Waals surface area (Å²) in [5.74, 6) is 1.75. The van der Waals surface area contributed by atoms with Gasteiger partial charge in [0.1, 0.15) is 5.75 Å². The van der Waals surface area contributed by atoms with E-state index in [-0.39, 0.29) is 12.5 Å². The van der Waals surface area contributed by atoms with Crippen LogP contribution in [0.25, 0.3) is 0 Å². The summed E-state index contributed by atoms with van der Waals surface area (Å²) in [6.07, 6.45) is 1.19. The largest absolute Gasteiger partial charge is 0.482 e. The van der Waals surface area contributed by atoms with Crippen molar-refractivity contribution in [2.24, 2.45) is 11.8 Å². The van der Waals surface area contributed by atoms with E-state index in [2.05, 4.69) is 13.8 Å². The first-order valence-corrected chi connectivity index (χ1v) is 7.50. The molecule has 0 spiro atoms. The minimum atomic E-state index is 0.0426. The van der Waals surface area contributed by atoms with Crippen LogP contribution in [0.2, 0.25) is 5.02 Å². The smallest absolute Gasteiger partial charge is 0.260 e. The third-order valence-corrected chi connectivity index (χ3v) is 3.97. The van der Waals surface area contributed by atoms with Crippen molar-refractivity contribution in [2.75, 3.05) is 19.7 Å². The zero-order chi connectivity index (χ0) is 14.7. The molecular formula is C16H22ClNO2. The molecule has 1 amide bonds. The lowest BCUT2D eigenvalue weighted by atomic mass is 9.92. The van der Waals surface area contributed by atoms with Crippen LogP contribution in [0.4, 0.5) is 0 Å². The minimum absolute atomic E-state index is 0.0426. The third kappa shape index (κ3) is 3.89. The molecule has 1 aromatic rings. The Kier molecular flexibility index (Phi) is 4.92. The molecule has 2 atom stereocenters. The summed E-state index contributed by atoms with van der Waals surface area (Å²) < 4.78 is 5.58. The van der Waals surface area contributed by atoms with Crippen molar-refractivity contribution in [3.63, 3.8) is 0 Å². The van der Waals surface area contributed by atoms with Crippen LogP contribution in [-0.4, -0.2) is 30.5 Å². The lowest BCUT2D eigenvalue weighted by Crippen LogP contribution is -2.44. The highest BCUT2D eigenvalue weighted by molar-refractivity contribution is 6.32. The highest BCUT2D eigenvalue weighted by Crippen LogP contribution is 2.26. The molecule has 0 bridgehead atoms. The molecule has 1 fully saturated rings. The summed E-state index contributed by atoms with van der Waals surface area (Å²) in [5, 5.41) is 0.545. The van der Waals surface area contributed by atoms with Gasteiger partial charge in [-0.1, -0.05) is 31.5 Å². The van der Waals surface area contributed by atoms with E-state index in [1.165, 1.54) is 6.42 Å². The van der Waals surface area contributed by atoms with Crippen molar-refractivity contribution in [3.05, 3.63) is 28.8 Å². The normalized spacial score (nSPS) is 22.7. The number of likely N-dealkylation sites (tertiary alicyclic amines) is 1. The highest BCUT2D eigenvalue weighted by Gasteiger charge is 2.25. The predicted molar refractivity (Wildman–Crippen MR) is 81.2 cm³/mol. The van der Waals surface area contributed by atoms with Crippen LogP contribution < -0.4 is 4.74 Å². The van der Waals surface area contributed by atoms with Crippen molar-refractivity contribution >= 4 is 17.5 Å². The average molecular weight is 296 g/mol. The number of rotatable bonds is 3. The molecule has 2 rings (SSSR count). The molecule has 0 aromatic heterocycles. The summed E-state index contributed by atoms with van der Waals surface area (Å²) in [6, 6.07) is 5.57. The topological polar surface area (TPSA) is 29.5 Å². The van der Waals surface area contributed by atoms with E-state index < -0.39 is 0 Å². The molecule has 1 aliphatic rings. The van der Waals surface area contributed by atoms with E-state index in [1.807, 2.05) is 24.0 Å². The summed E-state index contributed by atoms with van der Waals surface area (Å²) in [6.45, 7) is 8.06. The monoisotopic (exact) mass is 295 g/mol. The second-order valence-electron chi connectivity index (χ2n) is 5.97. The van der Waals surface area contributed by atoms with Crippen molar-refractivity contribution in [2.45, 2.75) is 27.2 Å². The van der Waals surface area contributed by atoms with Crippen molar-refractivity contribution < 1.29 is 9.53 Å². The number of amides is 1. The Bertz CT molecular complexity index is 479. The Morgan fingerprint density at radius 3 is 2.65 bits per heavy atom. The van der Waals surface area contributed by atoms with Crippen LogP contribution in [-0.2, 0) is 4.79 Å². The molecule has 0 radical (unpaired) electrons. The molecule has 1 aromatic carbocycles. The van der Waals surface area contributed by atoms with Gasteiger partial charge in [0.25, 0.3) is 5.91 Å². The van der Waals surface area contributed by atoms with Gasteiger partial charge in [-0.25, -0.2) is 0 Å². The molecule has 0 N–H and O–H groups in total. The van der Waals surface area contributed by atoms with E-state index in [0.29, 0.717) is 22.6 Å². The minimum Gasteiger partial charge on any atom is -0.482 e. The number of hydrogen-bond acceptors (Lipinski definition) is 2. The Labute approximate surface area is 125 Å². The first kappa shape index (κ1) is 15.2. The molecule has 2 unspecified atom stereocenters. The second kappa shape index (κ2) is 6.49. The first-order chi connectivity index (χ1) is 9.45. The maximum absolute atomic E-state index is 12.2. The number of nitrogens with zero attached hydrogens (tertiary/aromatic N) is 1. The molecule has 0 saturated carbocycles. The van der Waals surface area contributed by atoms with E-state index in [0.717, 1.165) is 18.7 Å². The SMILES string of the molecule is Cc1ccc(Cl)c(OCC(=O)N2CC(C)CC(C)C2)c1. The Morgan fingerprint density at radius 2 is 2.00 bits per heavy atom. The Balaban J connectivity index is 1.93. The summed E-state index contributed by atoms with van der Waals surface area (Å²) in [7, 11) is 0. The lowest BCUT2D eigenvalue weighted by molar-refractivity contribution is -0.136. The van der Waals surface area contributed by atoms with Crippen molar-refractivity contribution in [3.8, 4) is 5.75 Å². The molecule has 1 aliphatic heterocycles. The molecule has 110 valence electrons. The quantitative estimate of drug-likeness (QED) is 0.854. The molecule has 1 saturated heterocycles. The lowest BCUT2D eigenvalue weighted by Gasteiger charge is -2.34. The van der Waals surface area contributed by atoms with E-state index in [1.54, 1.807) is 6.07 Å². The maximum Gasteiger partial charge on any atom is 0.260 e. The first-order valence-electron chi connectivity index (χ1n) is 7.12. The van der Waals surface area contributed by atoms with Crippen molar-refractivity contribution in [1.29, 1.82) is 0 Å². The molecule has 20 heavy (non-hydrogen) atoms. The van der Waals surface area contributed by atoms with Crippen LogP contribution in [0.5, 0.6) is 5.75 Å². The number of aryl methyl sites for hydroxylation is 1. The van der Waals surface area contributed by atoms with Gasteiger partial charge < -0.3 is 9.64 Å². The number of hydrogen-bond donors (Lipinski definition) is 0. The van der Waals surface area contributed by atoms with Crippen LogP contribution in [0.1, 0.15) is 25.8 Å². The van der Waals surface area contributed by atoms with E-state index >= 15 is 0 Å². The summed E-state index contributed by atoms with van der Waals surface area (Å²) in [4.78, 5) is 14.1. The number of carbonyl (C=O) groups is 1. The number of piperidine rings is 1. The summed E-state index contributed by atoms with van der Waals surface area (Å²) >= 11 is 6.06. The van der Waals surface area contributed by atoms with Crippen LogP contribution in [0.15, 0.2) is 18.2 Å². The summed E-state index contributed by atoms with van der Waals surface area (Å²) in [5.41, 5.74) is 1.07. The molecule has 1 heterocycles. The number of carbonyl (C=O) groups excluding carboxylic acids is 1. The van der Waals surface area contributed by atoms with E-state index in [4.69, 9.17) is 16.3 Å². The van der Waals surface area contributed by atoms with E-state index in [9.17, 15) is 4.79 Å². The van der Waals surface area contributed by atoms with Gasteiger partial charge in [0.2, 0.25) is 0 Å². The van der Waals surface area contributed by atoms with Gasteiger partial charge in [-0.3, -0.25) is 4.79 Å². The highest BCUT2D eigenvalue weighted by atomic mass is 35.5. The second-order valence-corrected chi connectivity index (χ2v) is 6.37. The number of halogens is 1. The fraction of sp³-hybridized carbons (Fsp3) is 0.562. The Morgan fingerprint density at radius 1 is 1.35 bits per heavy atom. The zero-order valence-corrected chi connectivity index (χ0v) is 13.1. The van der Waals surface area contributed by atoms with Gasteiger partial charge in [-0.15, -0.1) is 0 Å². The van der Waals surface area contributed by atoms with Gasteiger partial charge in [-0.2, -0.15) is 0 Å². The third-order valence-electron chi connectivity index (χ3n) is 3.66. The Hall–Kier alpha value is -1.22. The van der Waals surface area contributed by atoms with Crippen LogP contribution in [0.3, 0.4) is 0 Å².